The maximum Gasteiger partial charge on any atom is 0.280 e. The molecule has 0 amide bonds. The SMILES string of the molecule is Cc1cc(C)c([N+](=O)[O-])cc1NS(=O)(=O)c1cn(C)c(C)n1. The molecule has 0 saturated heterocycles. The van der Waals surface area contributed by atoms with Crippen molar-refractivity contribution in [3.8, 4) is 0 Å². The van der Waals surface area contributed by atoms with E-state index in [1.807, 2.05) is 0 Å². The van der Waals surface area contributed by atoms with Crippen LogP contribution in [0.5, 0.6) is 0 Å². The van der Waals surface area contributed by atoms with Gasteiger partial charge in [0.25, 0.3) is 15.7 Å². The summed E-state index contributed by atoms with van der Waals surface area (Å²) in [6, 6.07) is 2.79. The van der Waals surface area contributed by atoms with E-state index in [-0.39, 0.29) is 16.4 Å². The van der Waals surface area contributed by atoms with Crippen molar-refractivity contribution in [2.75, 3.05) is 4.72 Å². The van der Waals surface area contributed by atoms with Crippen molar-refractivity contribution >= 4 is 21.4 Å². The smallest absolute Gasteiger partial charge is 0.280 e. The number of aryl methyl sites for hydroxylation is 4. The van der Waals surface area contributed by atoms with Crippen molar-refractivity contribution in [2.45, 2.75) is 25.8 Å². The average Bonchev–Trinajstić information content (AvgIpc) is 2.73. The van der Waals surface area contributed by atoms with Crippen LogP contribution in [-0.2, 0) is 17.1 Å². The van der Waals surface area contributed by atoms with Gasteiger partial charge in [0, 0.05) is 24.9 Å². The molecular weight excluding hydrogens is 308 g/mol. The fraction of sp³-hybridized carbons (Fsp3) is 0.308. The number of nitro groups is 1. The Balaban J connectivity index is 2.45. The van der Waals surface area contributed by atoms with E-state index in [0.29, 0.717) is 17.0 Å². The first-order valence-electron chi connectivity index (χ1n) is 6.40. The van der Waals surface area contributed by atoms with Crippen molar-refractivity contribution in [3.05, 3.63) is 45.4 Å². The second-order valence-electron chi connectivity index (χ2n) is 5.05. The Hall–Kier alpha value is -2.42. The van der Waals surface area contributed by atoms with Gasteiger partial charge in [-0.1, -0.05) is 0 Å². The molecule has 0 spiro atoms. The minimum absolute atomic E-state index is 0.130. The van der Waals surface area contributed by atoms with Gasteiger partial charge in [-0.25, -0.2) is 4.98 Å². The Labute approximate surface area is 128 Å². The minimum atomic E-state index is -3.90. The summed E-state index contributed by atoms with van der Waals surface area (Å²) < 4.78 is 28.6. The molecule has 0 fully saturated rings. The van der Waals surface area contributed by atoms with Gasteiger partial charge in [0.05, 0.1) is 10.6 Å². The number of sulfonamides is 1. The third kappa shape index (κ3) is 2.93. The number of hydrogen-bond donors (Lipinski definition) is 1. The van der Waals surface area contributed by atoms with Gasteiger partial charge in [0.15, 0.2) is 5.03 Å². The summed E-state index contributed by atoms with van der Waals surface area (Å²) in [6.45, 7) is 4.96. The third-order valence-electron chi connectivity index (χ3n) is 3.35. The molecule has 22 heavy (non-hydrogen) atoms. The first-order chi connectivity index (χ1) is 10.1. The van der Waals surface area contributed by atoms with Crippen LogP contribution in [0, 0.1) is 30.9 Å². The second-order valence-corrected chi connectivity index (χ2v) is 6.68. The molecule has 0 bridgehead atoms. The highest BCUT2D eigenvalue weighted by molar-refractivity contribution is 7.92. The molecule has 9 heteroatoms. The molecule has 0 aliphatic rings. The van der Waals surface area contributed by atoms with Crippen molar-refractivity contribution < 1.29 is 13.3 Å². The Kier molecular flexibility index (Phi) is 3.92. The van der Waals surface area contributed by atoms with Gasteiger partial charge in [-0.15, -0.1) is 0 Å². The number of nitrogens with zero attached hydrogens (tertiary/aromatic N) is 3. The Morgan fingerprint density at radius 3 is 2.36 bits per heavy atom. The standard InChI is InChI=1S/C13H16N4O4S/c1-8-5-9(2)12(17(18)19)6-11(8)15-22(20,21)13-7-16(4)10(3)14-13/h5-7,15H,1-4H3. The topological polar surface area (TPSA) is 107 Å². The minimum Gasteiger partial charge on any atom is -0.337 e. The summed E-state index contributed by atoms with van der Waals surface area (Å²) in [5, 5.41) is 10.9. The Morgan fingerprint density at radius 2 is 1.86 bits per heavy atom. The molecule has 118 valence electrons. The van der Waals surface area contributed by atoms with Crippen LogP contribution in [0.1, 0.15) is 17.0 Å². The third-order valence-corrected chi connectivity index (χ3v) is 4.58. The average molecular weight is 324 g/mol. The lowest BCUT2D eigenvalue weighted by molar-refractivity contribution is -0.385. The van der Waals surface area contributed by atoms with E-state index in [4.69, 9.17) is 0 Å². The molecule has 2 aromatic rings. The predicted octanol–water partition coefficient (Wildman–Crippen LogP) is 2.05. The molecule has 0 unspecified atom stereocenters. The fourth-order valence-electron chi connectivity index (χ4n) is 2.00. The highest BCUT2D eigenvalue weighted by Crippen LogP contribution is 2.27. The number of hydrogen-bond acceptors (Lipinski definition) is 5. The number of aromatic nitrogens is 2. The van der Waals surface area contributed by atoms with Crippen LogP contribution in [0.3, 0.4) is 0 Å². The van der Waals surface area contributed by atoms with Crippen LogP contribution in [0.4, 0.5) is 11.4 Å². The van der Waals surface area contributed by atoms with Crippen LogP contribution < -0.4 is 4.72 Å². The number of nitro benzene ring substituents is 1. The monoisotopic (exact) mass is 324 g/mol. The van der Waals surface area contributed by atoms with Gasteiger partial charge < -0.3 is 4.57 Å². The van der Waals surface area contributed by atoms with Crippen LogP contribution in [0.2, 0.25) is 0 Å². The maximum atomic E-state index is 12.3. The molecule has 0 atom stereocenters. The number of imidazole rings is 1. The molecule has 0 aliphatic heterocycles. The zero-order valence-electron chi connectivity index (χ0n) is 12.6. The van der Waals surface area contributed by atoms with E-state index < -0.39 is 14.9 Å². The van der Waals surface area contributed by atoms with Gasteiger partial charge in [-0.3, -0.25) is 14.8 Å². The lowest BCUT2D eigenvalue weighted by Crippen LogP contribution is -2.14. The summed E-state index contributed by atoms with van der Waals surface area (Å²) in [5.41, 5.74) is 1.10. The van der Waals surface area contributed by atoms with Crippen molar-refractivity contribution in [1.29, 1.82) is 0 Å². The molecule has 0 saturated carbocycles. The summed E-state index contributed by atoms with van der Waals surface area (Å²) in [7, 11) is -2.21. The molecule has 2 rings (SSSR count). The molecule has 0 radical (unpaired) electrons. The number of rotatable bonds is 4. The fourth-order valence-corrected chi connectivity index (χ4v) is 3.16. The predicted molar refractivity (Wildman–Crippen MR) is 81.3 cm³/mol. The van der Waals surface area contributed by atoms with E-state index >= 15 is 0 Å². The van der Waals surface area contributed by atoms with Crippen LogP contribution >= 0.6 is 0 Å². The largest absolute Gasteiger partial charge is 0.337 e. The summed E-state index contributed by atoms with van der Waals surface area (Å²) >= 11 is 0. The molecule has 1 aromatic heterocycles. The zero-order valence-corrected chi connectivity index (χ0v) is 13.4. The van der Waals surface area contributed by atoms with Gasteiger partial charge in [0.1, 0.15) is 5.82 Å². The van der Waals surface area contributed by atoms with E-state index in [0.717, 1.165) is 0 Å². The van der Waals surface area contributed by atoms with Gasteiger partial charge >= 0.3 is 0 Å². The van der Waals surface area contributed by atoms with Crippen molar-refractivity contribution in [2.24, 2.45) is 7.05 Å². The first-order valence-corrected chi connectivity index (χ1v) is 7.88. The molecular formula is C13H16N4O4S. The second kappa shape index (κ2) is 5.41. The van der Waals surface area contributed by atoms with E-state index in [1.54, 1.807) is 38.5 Å². The highest BCUT2D eigenvalue weighted by Gasteiger charge is 2.21. The van der Waals surface area contributed by atoms with Gasteiger partial charge in [0.2, 0.25) is 0 Å². The van der Waals surface area contributed by atoms with Crippen LogP contribution in [0.25, 0.3) is 0 Å². The molecule has 8 nitrogen and oxygen atoms in total. The zero-order chi connectivity index (χ0) is 16.7. The number of anilines is 1. The number of nitrogens with one attached hydrogen (secondary N) is 1. The van der Waals surface area contributed by atoms with E-state index in [2.05, 4.69) is 9.71 Å². The van der Waals surface area contributed by atoms with Crippen LogP contribution in [-0.4, -0.2) is 22.9 Å². The summed E-state index contributed by atoms with van der Waals surface area (Å²) in [5.74, 6) is 0.548. The van der Waals surface area contributed by atoms with Gasteiger partial charge in [-0.05, 0) is 32.4 Å². The lowest BCUT2D eigenvalue weighted by atomic mass is 10.1. The number of benzene rings is 1. The first kappa shape index (κ1) is 16.0. The van der Waals surface area contributed by atoms with Gasteiger partial charge in [-0.2, -0.15) is 8.42 Å². The van der Waals surface area contributed by atoms with E-state index in [1.165, 1.54) is 12.3 Å². The highest BCUT2D eigenvalue weighted by atomic mass is 32.2. The molecule has 1 N–H and O–H groups in total. The Morgan fingerprint density at radius 1 is 1.23 bits per heavy atom. The van der Waals surface area contributed by atoms with Crippen LogP contribution in [0.15, 0.2) is 23.4 Å². The summed E-state index contributed by atoms with van der Waals surface area (Å²) in [4.78, 5) is 14.4. The quantitative estimate of drug-likeness (QED) is 0.684. The van der Waals surface area contributed by atoms with E-state index in [9.17, 15) is 18.5 Å². The molecule has 1 heterocycles. The molecule has 0 aliphatic carbocycles. The Bertz CT molecular complexity index is 836. The van der Waals surface area contributed by atoms with Crippen molar-refractivity contribution in [3.63, 3.8) is 0 Å². The van der Waals surface area contributed by atoms with Crippen molar-refractivity contribution in [1.82, 2.24) is 9.55 Å². The maximum absolute atomic E-state index is 12.3. The lowest BCUT2D eigenvalue weighted by Gasteiger charge is -2.10. The normalized spacial score (nSPS) is 11.5. The molecule has 1 aromatic carbocycles. The summed E-state index contributed by atoms with van der Waals surface area (Å²) in [6.07, 6.45) is 1.38.